The molecule has 0 saturated heterocycles. The highest BCUT2D eigenvalue weighted by Gasteiger charge is 2.01. The van der Waals surface area contributed by atoms with Crippen LogP contribution in [-0.4, -0.2) is 33.0 Å². The number of hydrogen-bond donors (Lipinski definition) is 1. The number of anilines is 1. The molecule has 0 aliphatic rings. The van der Waals surface area contributed by atoms with E-state index < -0.39 is 0 Å². The highest BCUT2D eigenvalue weighted by molar-refractivity contribution is 7.99. The molecule has 1 N–H and O–H groups in total. The summed E-state index contributed by atoms with van der Waals surface area (Å²) >= 11 is 13.0. The van der Waals surface area contributed by atoms with E-state index in [0.29, 0.717) is 5.95 Å². The summed E-state index contributed by atoms with van der Waals surface area (Å²) in [7, 11) is 0. The number of aromatic nitrogens is 3. The van der Waals surface area contributed by atoms with Crippen LogP contribution in [0.5, 0.6) is 0 Å². The molecule has 0 spiro atoms. The van der Waals surface area contributed by atoms with Crippen LogP contribution in [0.1, 0.15) is 0 Å². The van der Waals surface area contributed by atoms with E-state index in [1.54, 1.807) is 11.8 Å². The van der Waals surface area contributed by atoms with Gasteiger partial charge in [0.25, 0.3) is 0 Å². The summed E-state index contributed by atoms with van der Waals surface area (Å²) in [5.74, 6) is 2.27. The molecule has 1 heterocycles. The molecule has 0 aliphatic carbocycles. The predicted octanol–water partition coefficient (Wildman–Crippen LogP) is 2.51. The minimum Gasteiger partial charge on any atom is -0.353 e. The van der Waals surface area contributed by atoms with Crippen molar-refractivity contribution in [1.29, 1.82) is 0 Å². The van der Waals surface area contributed by atoms with E-state index in [0.717, 1.165) is 18.1 Å². The first kappa shape index (κ1) is 12.5. The summed E-state index contributed by atoms with van der Waals surface area (Å²) in [6.07, 6.45) is 1.86. The van der Waals surface area contributed by atoms with Gasteiger partial charge in [-0.15, -0.1) is 6.58 Å². The van der Waals surface area contributed by atoms with Gasteiger partial charge in [0.2, 0.25) is 16.5 Å². The number of hydrogen-bond acceptors (Lipinski definition) is 5. The molecule has 7 heteroatoms. The van der Waals surface area contributed by atoms with Crippen LogP contribution in [0.15, 0.2) is 12.7 Å². The summed E-state index contributed by atoms with van der Waals surface area (Å²) in [6.45, 7) is 4.38. The lowest BCUT2D eigenvalue weighted by molar-refractivity contribution is 1.02. The van der Waals surface area contributed by atoms with Crippen LogP contribution in [0.2, 0.25) is 10.6 Å². The van der Waals surface area contributed by atoms with Gasteiger partial charge in [0, 0.05) is 18.1 Å². The molecule has 0 bridgehead atoms. The Morgan fingerprint density at radius 1 is 1.27 bits per heavy atom. The number of nitrogens with one attached hydrogen (secondary N) is 1. The summed E-state index contributed by atoms with van der Waals surface area (Å²) in [5, 5.41) is 3.19. The molecular weight excluding hydrogens is 255 g/mol. The van der Waals surface area contributed by atoms with E-state index >= 15 is 0 Å². The van der Waals surface area contributed by atoms with Crippen molar-refractivity contribution in [2.24, 2.45) is 0 Å². The van der Waals surface area contributed by atoms with Crippen molar-refractivity contribution in [1.82, 2.24) is 15.0 Å². The first-order valence-electron chi connectivity index (χ1n) is 4.22. The molecule has 0 radical (unpaired) electrons. The third kappa shape index (κ3) is 5.20. The summed E-state index contributed by atoms with van der Waals surface area (Å²) in [5.41, 5.74) is 0. The molecular formula is C8H10Cl2N4S. The second-order valence-corrected chi connectivity index (χ2v) is 4.31. The monoisotopic (exact) mass is 264 g/mol. The van der Waals surface area contributed by atoms with Crippen LogP contribution in [0.25, 0.3) is 0 Å². The van der Waals surface area contributed by atoms with Crippen molar-refractivity contribution in [3.05, 3.63) is 23.2 Å². The quantitative estimate of drug-likeness (QED) is 0.632. The van der Waals surface area contributed by atoms with Crippen molar-refractivity contribution in [2.75, 3.05) is 23.4 Å². The average Bonchev–Trinajstić information content (AvgIpc) is 2.16. The Balaban J connectivity index is 2.33. The standard InChI is InChI=1S/C8H10Cl2N4S/c1-2-4-15-5-3-11-8-13-6(9)12-7(10)14-8/h2H,1,3-5H2,(H,11,12,13,14). The number of halogens is 2. The third-order valence-electron chi connectivity index (χ3n) is 1.35. The second kappa shape index (κ2) is 6.87. The summed E-state index contributed by atoms with van der Waals surface area (Å²) < 4.78 is 0. The van der Waals surface area contributed by atoms with Crippen LogP contribution in [0, 0.1) is 0 Å². The topological polar surface area (TPSA) is 50.7 Å². The van der Waals surface area contributed by atoms with E-state index in [1.165, 1.54) is 0 Å². The van der Waals surface area contributed by atoms with Gasteiger partial charge < -0.3 is 5.32 Å². The van der Waals surface area contributed by atoms with Crippen molar-refractivity contribution in [2.45, 2.75) is 0 Å². The molecule has 0 aromatic carbocycles. The Labute approximate surface area is 103 Å². The Morgan fingerprint density at radius 2 is 1.93 bits per heavy atom. The van der Waals surface area contributed by atoms with Gasteiger partial charge in [0.05, 0.1) is 0 Å². The van der Waals surface area contributed by atoms with Crippen LogP contribution >= 0.6 is 35.0 Å². The number of thioether (sulfide) groups is 1. The first-order valence-corrected chi connectivity index (χ1v) is 6.13. The van der Waals surface area contributed by atoms with Crippen LogP contribution in [0.4, 0.5) is 5.95 Å². The maximum absolute atomic E-state index is 5.61. The molecule has 1 aromatic heterocycles. The molecule has 0 saturated carbocycles. The van der Waals surface area contributed by atoms with Crippen LogP contribution < -0.4 is 5.32 Å². The van der Waals surface area contributed by atoms with Gasteiger partial charge >= 0.3 is 0 Å². The Bertz CT molecular complexity index is 314. The van der Waals surface area contributed by atoms with E-state index in [9.17, 15) is 0 Å². The molecule has 0 atom stereocenters. The van der Waals surface area contributed by atoms with Crippen molar-refractivity contribution < 1.29 is 0 Å². The van der Waals surface area contributed by atoms with Gasteiger partial charge in [0.15, 0.2) is 0 Å². The lowest BCUT2D eigenvalue weighted by Crippen LogP contribution is -2.08. The molecule has 0 fully saturated rings. The molecule has 4 nitrogen and oxygen atoms in total. The lowest BCUT2D eigenvalue weighted by Gasteiger charge is -2.03. The summed E-state index contributed by atoms with van der Waals surface area (Å²) in [4.78, 5) is 11.4. The van der Waals surface area contributed by atoms with Crippen molar-refractivity contribution >= 4 is 40.9 Å². The molecule has 15 heavy (non-hydrogen) atoms. The lowest BCUT2D eigenvalue weighted by atomic mass is 10.7. The van der Waals surface area contributed by atoms with Crippen LogP contribution in [0.3, 0.4) is 0 Å². The average molecular weight is 265 g/mol. The highest BCUT2D eigenvalue weighted by Crippen LogP contribution is 2.09. The fourth-order valence-corrected chi connectivity index (χ4v) is 1.75. The predicted molar refractivity (Wildman–Crippen MR) is 65.9 cm³/mol. The SMILES string of the molecule is C=CCSCCNc1nc(Cl)nc(Cl)n1. The van der Waals surface area contributed by atoms with E-state index in [-0.39, 0.29) is 10.6 Å². The van der Waals surface area contributed by atoms with Gasteiger partial charge in [-0.2, -0.15) is 26.7 Å². The molecule has 82 valence electrons. The van der Waals surface area contributed by atoms with Gasteiger partial charge in [-0.25, -0.2) is 0 Å². The Kier molecular flexibility index (Phi) is 5.75. The zero-order valence-electron chi connectivity index (χ0n) is 7.91. The van der Waals surface area contributed by atoms with Crippen molar-refractivity contribution in [3.63, 3.8) is 0 Å². The molecule has 1 rings (SSSR count). The van der Waals surface area contributed by atoms with Gasteiger partial charge in [0.1, 0.15) is 0 Å². The molecule has 1 aromatic rings. The first-order chi connectivity index (χ1) is 7.22. The van der Waals surface area contributed by atoms with Crippen LogP contribution in [-0.2, 0) is 0 Å². The smallest absolute Gasteiger partial charge is 0.228 e. The third-order valence-corrected chi connectivity index (χ3v) is 2.65. The maximum atomic E-state index is 5.61. The highest BCUT2D eigenvalue weighted by atomic mass is 35.5. The van der Waals surface area contributed by atoms with Gasteiger partial charge in [-0.1, -0.05) is 6.08 Å². The van der Waals surface area contributed by atoms with E-state index in [1.807, 2.05) is 6.08 Å². The Morgan fingerprint density at radius 3 is 2.53 bits per heavy atom. The second-order valence-electron chi connectivity index (χ2n) is 2.49. The normalized spacial score (nSPS) is 10.0. The number of nitrogens with zero attached hydrogens (tertiary/aromatic N) is 3. The zero-order valence-corrected chi connectivity index (χ0v) is 10.2. The minimum atomic E-state index is 0.0937. The minimum absolute atomic E-state index is 0.0937. The number of rotatable bonds is 6. The molecule has 0 aliphatic heterocycles. The molecule has 0 amide bonds. The van der Waals surface area contributed by atoms with E-state index in [4.69, 9.17) is 23.2 Å². The molecule has 0 unspecified atom stereocenters. The summed E-state index contributed by atoms with van der Waals surface area (Å²) in [6, 6.07) is 0. The Hall–Kier alpha value is -0.520. The van der Waals surface area contributed by atoms with E-state index in [2.05, 4.69) is 26.8 Å². The largest absolute Gasteiger partial charge is 0.353 e. The van der Waals surface area contributed by atoms with Gasteiger partial charge in [-0.05, 0) is 23.2 Å². The maximum Gasteiger partial charge on any atom is 0.228 e. The fraction of sp³-hybridized carbons (Fsp3) is 0.375. The zero-order chi connectivity index (χ0) is 11.1. The van der Waals surface area contributed by atoms with Crippen molar-refractivity contribution in [3.8, 4) is 0 Å². The fourth-order valence-electron chi connectivity index (χ4n) is 0.807. The van der Waals surface area contributed by atoms with Gasteiger partial charge in [-0.3, -0.25) is 0 Å².